The molecule has 0 aromatic heterocycles. The molecule has 0 radical (unpaired) electrons. The van der Waals surface area contributed by atoms with Gasteiger partial charge in [-0.25, -0.2) is 0 Å². The molecule has 2 aromatic rings. The monoisotopic (exact) mass is 418 g/mol. The molecular weight excluding hydrogens is 388 g/mol. The van der Waals surface area contributed by atoms with Gasteiger partial charge in [0.15, 0.2) is 5.54 Å². The Morgan fingerprint density at radius 2 is 1.81 bits per heavy atom. The van der Waals surface area contributed by atoms with E-state index < -0.39 is 5.54 Å². The average Bonchev–Trinajstić information content (AvgIpc) is 2.79. The minimum Gasteiger partial charge on any atom is -0.494 e. The van der Waals surface area contributed by atoms with Crippen LogP contribution in [0.4, 0.5) is 5.69 Å². The molecule has 4 rings (SSSR count). The third-order valence-corrected chi connectivity index (χ3v) is 6.16. The Hall–Kier alpha value is -3.08. The van der Waals surface area contributed by atoms with Gasteiger partial charge in [0.25, 0.3) is 5.91 Å². The van der Waals surface area contributed by atoms with Gasteiger partial charge in [0.05, 0.1) is 13.0 Å². The zero-order valence-corrected chi connectivity index (χ0v) is 18.0. The summed E-state index contributed by atoms with van der Waals surface area (Å²) in [7, 11) is 0. The molecule has 1 aliphatic carbocycles. The number of amides is 2. The summed E-state index contributed by atoms with van der Waals surface area (Å²) in [5.74, 6) is 0.594. The lowest BCUT2D eigenvalue weighted by Gasteiger charge is -2.49. The summed E-state index contributed by atoms with van der Waals surface area (Å²) in [5, 5.41) is 3.24. The van der Waals surface area contributed by atoms with Crippen LogP contribution in [0.1, 0.15) is 51.0 Å². The first kappa shape index (κ1) is 21.2. The molecule has 1 aliphatic heterocycles. The van der Waals surface area contributed by atoms with E-state index in [9.17, 15) is 9.59 Å². The number of hydrogen-bond donors (Lipinski definition) is 1. The van der Waals surface area contributed by atoms with Crippen molar-refractivity contribution in [2.24, 2.45) is 0 Å². The van der Waals surface area contributed by atoms with Gasteiger partial charge in [-0.2, -0.15) is 0 Å². The zero-order chi connectivity index (χ0) is 21.7. The topological polar surface area (TPSA) is 58.6 Å². The van der Waals surface area contributed by atoms with Gasteiger partial charge < -0.3 is 10.1 Å². The number of carbonyl (C=O) groups is 2. The highest BCUT2D eigenvalue weighted by atomic mass is 16.5. The summed E-state index contributed by atoms with van der Waals surface area (Å²) in [5.41, 5.74) is 0.687. The molecule has 0 unspecified atom stereocenters. The van der Waals surface area contributed by atoms with Gasteiger partial charge in [0.1, 0.15) is 5.75 Å². The molecule has 5 nitrogen and oxygen atoms in total. The average molecular weight is 419 g/mol. The number of β-lactam (4-membered cyclic amide) rings is 1. The zero-order valence-electron chi connectivity index (χ0n) is 18.0. The van der Waals surface area contributed by atoms with Crippen LogP contribution in [-0.4, -0.2) is 30.0 Å². The molecule has 31 heavy (non-hydrogen) atoms. The Balaban J connectivity index is 1.64. The fraction of sp³-hybridized carbons (Fsp3) is 0.385. The van der Waals surface area contributed by atoms with Crippen molar-refractivity contribution >= 4 is 23.6 Å². The molecule has 2 aliphatic rings. The largest absolute Gasteiger partial charge is 0.494 e. The second kappa shape index (κ2) is 9.38. The molecule has 5 heteroatoms. The van der Waals surface area contributed by atoms with Gasteiger partial charge in [-0.15, -0.1) is 0 Å². The summed E-state index contributed by atoms with van der Waals surface area (Å²) in [6, 6.07) is 17.4. The first-order valence-electron chi connectivity index (χ1n) is 11.2. The molecule has 1 N–H and O–H groups in total. The van der Waals surface area contributed by atoms with E-state index in [-0.39, 0.29) is 24.3 Å². The number of hydrogen-bond acceptors (Lipinski definition) is 3. The lowest BCUT2D eigenvalue weighted by atomic mass is 9.80. The van der Waals surface area contributed by atoms with Crippen LogP contribution in [0.15, 0.2) is 60.7 Å². The molecule has 1 saturated heterocycles. The molecule has 162 valence electrons. The predicted octanol–water partition coefficient (Wildman–Crippen LogP) is 4.72. The van der Waals surface area contributed by atoms with E-state index in [1.165, 1.54) is 6.42 Å². The van der Waals surface area contributed by atoms with Crippen molar-refractivity contribution in [1.29, 1.82) is 0 Å². The van der Waals surface area contributed by atoms with Crippen LogP contribution < -0.4 is 15.0 Å². The predicted molar refractivity (Wildman–Crippen MR) is 123 cm³/mol. The molecule has 1 saturated carbocycles. The first-order chi connectivity index (χ1) is 15.1. The van der Waals surface area contributed by atoms with E-state index >= 15 is 0 Å². The molecule has 1 heterocycles. The lowest BCUT2D eigenvalue weighted by Crippen LogP contribution is -2.70. The van der Waals surface area contributed by atoms with Crippen molar-refractivity contribution in [3.63, 3.8) is 0 Å². The van der Waals surface area contributed by atoms with Gasteiger partial charge in [-0.3, -0.25) is 14.5 Å². The third kappa shape index (κ3) is 4.50. The highest BCUT2D eigenvalue weighted by Gasteiger charge is 2.55. The molecule has 0 spiro atoms. The van der Waals surface area contributed by atoms with Crippen molar-refractivity contribution in [2.45, 2.75) is 57.0 Å². The number of carbonyl (C=O) groups excluding carboxylic acids is 2. The van der Waals surface area contributed by atoms with Gasteiger partial charge in [0.2, 0.25) is 5.91 Å². The van der Waals surface area contributed by atoms with E-state index in [1.54, 1.807) is 4.90 Å². The lowest BCUT2D eigenvalue weighted by molar-refractivity contribution is -0.137. The van der Waals surface area contributed by atoms with Crippen molar-refractivity contribution in [3.8, 4) is 5.75 Å². The summed E-state index contributed by atoms with van der Waals surface area (Å²) < 4.78 is 5.53. The van der Waals surface area contributed by atoms with Crippen LogP contribution in [0.3, 0.4) is 0 Å². The standard InChI is InChI=1S/C26H30N2O3/c1-2-31-23-15-13-22(14-16-23)28-24(29)19-26(28,18-17-20-9-5-3-6-10-20)25(30)27-21-11-7-4-8-12-21/h3,5-6,9-10,13-18,21H,2,4,7-8,11-12,19H2,1H3,(H,27,30)/b18-17+/t26-/m0/s1. The number of benzene rings is 2. The first-order valence-corrected chi connectivity index (χ1v) is 11.2. The van der Waals surface area contributed by atoms with E-state index in [0.29, 0.717) is 12.3 Å². The Morgan fingerprint density at radius 3 is 2.45 bits per heavy atom. The molecule has 1 atom stereocenters. The molecular formula is C26H30N2O3. The Kier molecular flexibility index (Phi) is 6.40. The van der Waals surface area contributed by atoms with Crippen molar-refractivity contribution in [2.75, 3.05) is 11.5 Å². The van der Waals surface area contributed by atoms with Gasteiger partial charge in [-0.05, 0) is 55.7 Å². The van der Waals surface area contributed by atoms with Crippen molar-refractivity contribution in [3.05, 3.63) is 66.2 Å². The molecule has 2 aromatic carbocycles. The second-order valence-electron chi connectivity index (χ2n) is 8.31. The van der Waals surface area contributed by atoms with E-state index in [0.717, 1.165) is 37.0 Å². The maximum Gasteiger partial charge on any atom is 0.251 e. The minimum atomic E-state index is -1.02. The van der Waals surface area contributed by atoms with E-state index in [2.05, 4.69) is 5.32 Å². The number of anilines is 1. The van der Waals surface area contributed by atoms with Gasteiger partial charge in [-0.1, -0.05) is 55.7 Å². The fourth-order valence-electron chi connectivity index (χ4n) is 4.50. The van der Waals surface area contributed by atoms with Crippen LogP contribution in [-0.2, 0) is 9.59 Å². The number of rotatable bonds is 7. The molecule has 2 amide bonds. The van der Waals surface area contributed by atoms with Crippen LogP contribution >= 0.6 is 0 Å². The van der Waals surface area contributed by atoms with E-state index in [4.69, 9.17) is 4.74 Å². The Labute approximate surface area is 184 Å². The Morgan fingerprint density at radius 1 is 1.10 bits per heavy atom. The maximum atomic E-state index is 13.6. The highest BCUT2D eigenvalue weighted by molar-refractivity contribution is 6.15. The fourth-order valence-corrected chi connectivity index (χ4v) is 4.50. The summed E-state index contributed by atoms with van der Waals surface area (Å²) in [6.07, 6.45) is 9.50. The minimum absolute atomic E-state index is 0.0549. The van der Waals surface area contributed by atoms with Crippen LogP contribution in [0.25, 0.3) is 6.08 Å². The van der Waals surface area contributed by atoms with E-state index in [1.807, 2.05) is 73.7 Å². The summed E-state index contributed by atoms with van der Waals surface area (Å²) in [4.78, 5) is 27.9. The summed E-state index contributed by atoms with van der Waals surface area (Å²) >= 11 is 0. The highest BCUT2D eigenvalue weighted by Crippen LogP contribution is 2.40. The quantitative estimate of drug-likeness (QED) is 0.662. The summed E-state index contributed by atoms with van der Waals surface area (Å²) in [6.45, 7) is 2.51. The van der Waals surface area contributed by atoms with Crippen LogP contribution in [0, 0.1) is 0 Å². The third-order valence-electron chi connectivity index (χ3n) is 6.16. The maximum absolute atomic E-state index is 13.6. The van der Waals surface area contributed by atoms with Crippen molar-refractivity contribution < 1.29 is 14.3 Å². The van der Waals surface area contributed by atoms with Crippen LogP contribution in [0.5, 0.6) is 5.75 Å². The molecule has 2 fully saturated rings. The van der Waals surface area contributed by atoms with Crippen LogP contribution in [0.2, 0.25) is 0 Å². The van der Waals surface area contributed by atoms with Gasteiger partial charge >= 0.3 is 0 Å². The second-order valence-corrected chi connectivity index (χ2v) is 8.31. The number of nitrogens with one attached hydrogen (secondary N) is 1. The SMILES string of the molecule is CCOc1ccc(N2C(=O)C[C@@]2(/C=C/c2ccccc2)C(=O)NC2CCCCC2)cc1. The Bertz CT molecular complexity index is 933. The normalized spacial score (nSPS) is 21.7. The smallest absolute Gasteiger partial charge is 0.251 e. The number of ether oxygens (including phenoxy) is 1. The molecule has 0 bridgehead atoms. The van der Waals surface area contributed by atoms with Crippen molar-refractivity contribution in [1.82, 2.24) is 5.32 Å². The van der Waals surface area contributed by atoms with Gasteiger partial charge in [0, 0.05) is 11.7 Å². The number of nitrogens with zero attached hydrogens (tertiary/aromatic N) is 1.